The van der Waals surface area contributed by atoms with Crippen LogP contribution >= 0.6 is 0 Å². The van der Waals surface area contributed by atoms with E-state index in [2.05, 4.69) is 36.1 Å². The molecule has 0 radical (unpaired) electrons. The van der Waals surface area contributed by atoms with E-state index < -0.39 is 0 Å². The van der Waals surface area contributed by atoms with Gasteiger partial charge in [0.05, 0.1) is 11.0 Å². The molecule has 3 heterocycles. The van der Waals surface area contributed by atoms with Crippen LogP contribution in [0.5, 0.6) is 0 Å². The standard InChI is InChI=1S/C18H22N6/c1-2-6-16-15(5-1)21-18(22-16)20-9-10-23-11-13-24(14-12-23)17-7-3-4-8-19-17/h1-8H,9-14H2,(H2,20,21,22). The molecule has 124 valence electrons. The molecule has 4 rings (SSSR count). The monoisotopic (exact) mass is 322 g/mol. The Labute approximate surface area is 141 Å². The van der Waals surface area contributed by atoms with E-state index in [1.165, 1.54) is 0 Å². The Morgan fingerprint density at radius 2 is 1.83 bits per heavy atom. The van der Waals surface area contributed by atoms with Crippen molar-refractivity contribution in [3.8, 4) is 0 Å². The summed E-state index contributed by atoms with van der Waals surface area (Å²) in [4.78, 5) is 17.1. The van der Waals surface area contributed by atoms with Crippen LogP contribution in [0.4, 0.5) is 11.8 Å². The molecule has 1 aromatic carbocycles. The van der Waals surface area contributed by atoms with Gasteiger partial charge >= 0.3 is 0 Å². The zero-order valence-electron chi connectivity index (χ0n) is 13.7. The minimum Gasteiger partial charge on any atom is -0.355 e. The number of benzene rings is 1. The van der Waals surface area contributed by atoms with Crippen molar-refractivity contribution >= 4 is 22.8 Å². The van der Waals surface area contributed by atoms with E-state index in [1.54, 1.807) is 0 Å². The smallest absolute Gasteiger partial charge is 0.201 e. The molecule has 1 fully saturated rings. The number of nitrogens with zero attached hydrogens (tertiary/aromatic N) is 4. The van der Waals surface area contributed by atoms with E-state index in [0.717, 1.165) is 62.1 Å². The topological polar surface area (TPSA) is 60.1 Å². The third kappa shape index (κ3) is 3.33. The summed E-state index contributed by atoms with van der Waals surface area (Å²) in [7, 11) is 0. The number of H-pyrrole nitrogens is 1. The van der Waals surface area contributed by atoms with Crippen molar-refractivity contribution in [1.29, 1.82) is 0 Å². The predicted molar refractivity (Wildman–Crippen MR) is 97.5 cm³/mol. The second-order valence-corrected chi connectivity index (χ2v) is 6.05. The Morgan fingerprint density at radius 1 is 1.00 bits per heavy atom. The highest BCUT2D eigenvalue weighted by atomic mass is 15.3. The molecule has 3 aromatic rings. The zero-order chi connectivity index (χ0) is 16.2. The molecule has 1 aliphatic heterocycles. The Morgan fingerprint density at radius 3 is 2.62 bits per heavy atom. The molecular weight excluding hydrogens is 300 g/mol. The molecule has 2 aromatic heterocycles. The van der Waals surface area contributed by atoms with Gasteiger partial charge in [0.1, 0.15) is 5.82 Å². The first-order valence-electron chi connectivity index (χ1n) is 8.45. The third-order valence-electron chi connectivity index (χ3n) is 4.46. The maximum Gasteiger partial charge on any atom is 0.201 e. The van der Waals surface area contributed by atoms with Gasteiger partial charge in [-0.15, -0.1) is 0 Å². The summed E-state index contributed by atoms with van der Waals surface area (Å²) in [6.07, 6.45) is 1.86. The number of imidazole rings is 1. The van der Waals surface area contributed by atoms with Crippen molar-refractivity contribution in [3.05, 3.63) is 48.7 Å². The molecule has 0 atom stereocenters. The Bertz CT molecular complexity index is 743. The lowest BCUT2D eigenvalue weighted by Gasteiger charge is -2.35. The van der Waals surface area contributed by atoms with E-state index in [4.69, 9.17) is 0 Å². The molecule has 6 nitrogen and oxygen atoms in total. The number of piperazine rings is 1. The molecule has 0 unspecified atom stereocenters. The Balaban J connectivity index is 1.24. The summed E-state index contributed by atoms with van der Waals surface area (Å²) in [6, 6.07) is 14.2. The van der Waals surface area contributed by atoms with Gasteiger partial charge in [0.25, 0.3) is 0 Å². The first-order chi connectivity index (χ1) is 11.9. The van der Waals surface area contributed by atoms with Crippen LogP contribution in [0.2, 0.25) is 0 Å². The van der Waals surface area contributed by atoms with Crippen LogP contribution in [-0.2, 0) is 0 Å². The van der Waals surface area contributed by atoms with Gasteiger partial charge in [0, 0.05) is 45.5 Å². The van der Waals surface area contributed by atoms with Crippen LogP contribution in [0.25, 0.3) is 11.0 Å². The van der Waals surface area contributed by atoms with Gasteiger partial charge in [0.15, 0.2) is 0 Å². The summed E-state index contributed by atoms with van der Waals surface area (Å²) < 4.78 is 0. The van der Waals surface area contributed by atoms with Gasteiger partial charge in [0.2, 0.25) is 5.95 Å². The lowest BCUT2D eigenvalue weighted by atomic mass is 10.3. The number of para-hydroxylation sites is 2. The maximum atomic E-state index is 4.55. The second kappa shape index (κ2) is 6.88. The molecule has 0 spiro atoms. The molecule has 1 saturated heterocycles. The maximum absolute atomic E-state index is 4.55. The van der Waals surface area contributed by atoms with Crippen LogP contribution in [0.15, 0.2) is 48.7 Å². The van der Waals surface area contributed by atoms with Crippen molar-refractivity contribution < 1.29 is 0 Å². The molecule has 24 heavy (non-hydrogen) atoms. The van der Waals surface area contributed by atoms with Gasteiger partial charge in [-0.1, -0.05) is 18.2 Å². The first kappa shape index (κ1) is 15.0. The third-order valence-corrected chi connectivity index (χ3v) is 4.46. The molecule has 0 aliphatic carbocycles. The number of rotatable bonds is 5. The number of aromatic amines is 1. The minimum atomic E-state index is 0.850. The zero-order valence-corrected chi connectivity index (χ0v) is 13.7. The van der Waals surface area contributed by atoms with Crippen LogP contribution in [-0.4, -0.2) is 59.1 Å². The Kier molecular flexibility index (Phi) is 4.29. The fourth-order valence-electron chi connectivity index (χ4n) is 3.11. The van der Waals surface area contributed by atoms with Crippen molar-refractivity contribution in [3.63, 3.8) is 0 Å². The van der Waals surface area contributed by atoms with E-state index in [0.29, 0.717) is 0 Å². The fraction of sp³-hybridized carbons (Fsp3) is 0.333. The summed E-state index contributed by atoms with van der Waals surface area (Å²) in [5.74, 6) is 1.93. The average Bonchev–Trinajstić information content (AvgIpc) is 3.06. The van der Waals surface area contributed by atoms with Crippen molar-refractivity contribution in [2.24, 2.45) is 0 Å². The number of anilines is 2. The lowest BCUT2D eigenvalue weighted by molar-refractivity contribution is 0.266. The summed E-state index contributed by atoms with van der Waals surface area (Å²) >= 11 is 0. The number of aromatic nitrogens is 3. The summed E-state index contributed by atoms with van der Waals surface area (Å²) in [6.45, 7) is 6.11. The fourth-order valence-corrected chi connectivity index (χ4v) is 3.11. The second-order valence-electron chi connectivity index (χ2n) is 6.05. The molecule has 0 amide bonds. The molecule has 0 saturated carbocycles. The predicted octanol–water partition coefficient (Wildman–Crippen LogP) is 2.19. The quantitative estimate of drug-likeness (QED) is 0.754. The molecule has 6 heteroatoms. The SMILES string of the molecule is c1ccc(N2CCN(CCNc3nc4ccccc4[nH]3)CC2)nc1. The van der Waals surface area contributed by atoms with E-state index >= 15 is 0 Å². The highest BCUT2D eigenvalue weighted by Crippen LogP contribution is 2.14. The van der Waals surface area contributed by atoms with Crippen molar-refractivity contribution in [1.82, 2.24) is 19.9 Å². The van der Waals surface area contributed by atoms with E-state index in [9.17, 15) is 0 Å². The van der Waals surface area contributed by atoms with Gasteiger partial charge in [-0.3, -0.25) is 4.90 Å². The van der Waals surface area contributed by atoms with Crippen LogP contribution in [0.3, 0.4) is 0 Å². The van der Waals surface area contributed by atoms with E-state index in [1.807, 2.05) is 42.6 Å². The van der Waals surface area contributed by atoms with Crippen LogP contribution < -0.4 is 10.2 Å². The van der Waals surface area contributed by atoms with Crippen LogP contribution in [0.1, 0.15) is 0 Å². The highest BCUT2D eigenvalue weighted by molar-refractivity contribution is 5.77. The summed E-state index contributed by atoms with van der Waals surface area (Å²) in [5.41, 5.74) is 2.08. The first-order valence-corrected chi connectivity index (χ1v) is 8.45. The molecule has 1 aliphatic rings. The summed E-state index contributed by atoms with van der Waals surface area (Å²) in [5, 5.41) is 3.39. The van der Waals surface area contributed by atoms with Gasteiger partial charge in [-0.25, -0.2) is 9.97 Å². The number of pyridine rings is 1. The van der Waals surface area contributed by atoms with E-state index in [-0.39, 0.29) is 0 Å². The number of hydrogen-bond donors (Lipinski definition) is 2. The molecular formula is C18H22N6. The molecule has 2 N–H and O–H groups in total. The van der Waals surface area contributed by atoms with Gasteiger partial charge < -0.3 is 15.2 Å². The lowest BCUT2D eigenvalue weighted by Crippen LogP contribution is -2.47. The normalized spacial score (nSPS) is 15.8. The highest BCUT2D eigenvalue weighted by Gasteiger charge is 2.17. The molecule has 0 bridgehead atoms. The number of nitrogens with one attached hydrogen (secondary N) is 2. The van der Waals surface area contributed by atoms with Crippen molar-refractivity contribution in [2.75, 3.05) is 49.5 Å². The number of hydrogen-bond acceptors (Lipinski definition) is 5. The minimum absolute atomic E-state index is 0.850. The Hall–Kier alpha value is -2.60. The largest absolute Gasteiger partial charge is 0.355 e. The van der Waals surface area contributed by atoms with Crippen LogP contribution in [0, 0.1) is 0 Å². The van der Waals surface area contributed by atoms with Gasteiger partial charge in [-0.2, -0.15) is 0 Å². The van der Waals surface area contributed by atoms with Gasteiger partial charge in [-0.05, 0) is 24.3 Å². The average molecular weight is 322 g/mol. The van der Waals surface area contributed by atoms with Crippen molar-refractivity contribution in [2.45, 2.75) is 0 Å². The number of fused-ring (bicyclic) bond motifs is 1.